The summed E-state index contributed by atoms with van der Waals surface area (Å²) in [7, 11) is 0. The molecule has 2 heteroatoms. The van der Waals surface area contributed by atoms with E-state index < -0.39 is 0 Å². The van der Waals surface area contributed by atoms with Gasteiger partial charge in [-0.25, -0.2) is 4.85 Å². The first-order valence-electron chi connectivity index (χ1n) is 6.00. The van der Waals surface area contributed by atoms with Gasteiger partial charge in [-0.15, -0.1) is 0 Å². The molecular formula is C16H16N2. The molecule has 2 rings (SSSR count). The number of hydrogen-bond donors (Lipinski definition) is 1. The van der Waals surface area contributed by atoms with E-state index in [1.54, 1.807) is 0 Å². The maximum atomic E-state index is 7.00. The predicted molar refractivity (Wildman–Crippen MR) is 75.7 cm³/mol. The molecule has 0 unspecified atom stereocenters. The fourth-order valence-electron chi connectivity index (χ4n) is 2.00. The third-order valence-electron chi connectivity index (χ3n) is 3.02. The van der Waals surface area contributed by atoms with Gasteiger partial charge < -0.3 is 5.73 Å². The zero-order valence-corrected chi connectivity index (χ0v) is 10.5. The highest BCUT2D eigenvalue weighted by Crippen LogP contribution is 2.19. The van der Waals surface area contributed by atoms with Crippen molar-refractivity contribution in [2.24, 2.45) is 0 Å². The molecule has 0 aliphatic heterocycles. The Bertz CT molecular complexity index is 594. The van der Waals surface area contributed by atoms with E-state index in [4.69, 9.17) is 12.3 Å². The first-order chi connectivity index (χ1) is 8.69. The van der Waals surface area contributed by atoms with Crippen LogP contribution in [0.5, 0.6) is 0 Å². The summed E-state index contributed by atoms with van der Waals surface area (Å²) in [5.74, 6) is 0. The van der Waals surface area contributed by atoms with Crippen LogP contribution in [0.15, 0.2) is 42.5 Å². The molecule has 0 heterocycles. The third kappa shape index (κ3) is 2.89. The van der Waals surface area contributed by atoms with Crippen molar-refractivity contribution in [3.63, 3.8) is 0 Å². The van der Waals surface area contributed by atoms with Crippen molar-refractivity contribution >= 4 is 11.4 Å². The Morgan fingerprint density at radius 3 is 2.67 bits per heavy atom. The quantitative estimate of drug-likeness (QED) is 0.635. The number of aryl methyl sites for hydroxylation is 3. The summed E-state index contributed by atoms with van der Waals surface area (Å²) in [6, 6.07) is 13.9. The molecule has 0 atom stereocenters. The van der Waals surface area contributed by atoms with Crippen LogP contribution in [0.4, 0.5) is 11.4 Å². The first kappa shape index (κ1) is 12.2. The second-order valence-electron chi connectivity index (χ2n) is 4.48. The van der Waals surface area contributed by atoms with Crippen molar-refractivity contribution in [1.29, 1.82) is 0 Å². The summed E-state index contributed by atoms with van der Waals surface area (Å²) in [4.78, 5) is 3.44. The van der Waals surface area contributed by atoms with Crippen LogP contribution in [-0.4, -0.2) is 0 Å². The molecular weight excluding hydrogens is 220 g/mol. The lowest BCUT2D eigenvalue weighted by molar-refractivity contribution is 0.963. The standard InChI is InChI=1S/C16H16N2/c1-12-6-8-14(16(17)10-12)9-7-13-4-3-5-15(11-13)18-2/h3-6,8,10-11H,7,9,17H2,1H3. The van der Waals surface area contributed by atoms with Crippen molar-refractivity contribution in [3.05, 3.63) is 70.6 Å². The molecule has 0 amide bonds. The van der Waals surface area contributed by atoms with Gasteiger partial charge in [-0.2, -0.15) is 0 Å². The van der Waals surface area contributed by atoms with Gasteiger partial charge in [-0.05, 0) is 37.0 Å². The molecule has 0 saturated heterocycles. The highest BCUT2D eigenvalue weighted by Gasteiger charge is 2.01. The molecule has 18 heavy (non-hydrogen) atoms. The summed E-state index contributed by atoms with van der Waals surface area (Å²) < 4.78 is 0. The largest absolute Gasteiger partial charge is 0.398 e. The number of benzene rings is 2. The molecule has 0 fully saturated rings. The first-order valence-corrected chi connectivity index (χ1v) is 6.00. The molecule has 2 aromatic rings. The van der Waals surface area contributed by atoms with Gasteiger partial charge in [0.25, 0.3) is 0 Å². The van der Waals surface area contributed by atoms with Gasteiger partial charge in [0, 0.05) is 5.69 Å². The Labute approximate surface area is 108 Å². The number of nitrogens with zero attached hydrogens (tertiary/aromatic N) is 1. The molecule has 0 saturated carbocycles. The van der Waals surface area contributed by atoms with E-state index in [1.807, 2.05) is 31.2 Å². The van der Waals surface area contributed by atoms with Gasteiger partial charge in [0.2, 0.25) is 0 Å². The van der Waals surface area contributed by atoms with Crippen LogP contribution in [-0.2, 0) is 12.8 Å². The lowest BCUT2D eigenvalue weighted by Crippen LogP contribution is -1.97. The molecule has 0 spiro atoms. The molecule has 0 radical (unpaired) electrons. The molecule has 0 aliphatic carbocycles. The smallest absolute Gasteiger partial charge is 0.187 e. The number of anilines is 1. The maximum absolute atomic E-state index is 7.00. The van der Waals surface area contributed by atoms with Gasteiger partial charge in [-0.3, -0.25) is 0 Å². The average Bonchev–Trinajstić information content (AvgIpc) is 2.38. The Kier molecular flexibility index (Phi) is 3.64. The van der Waals surface area contributed by atoms with Crippen molar-refractivity contribution < 1.29 is 0 Å². The van der Waals surface area contributed by atoms with Crippen molar-refractivity contribution in [1.82, 2.24) is 0 Å². The molecule has 0 aliphatic rings. The molecule has 0 aromatic heterocycles. The summed E-state index contributed by atoms with van der Waals surface area (Å²) in [6.45, 7) is 9.04. The third-order valence-corrected chi connectivity index (χ3v) is 3.02. The van der Waals surface area contributed by atoms with E-state index >= 15 is 0 Å². The van der Waals surface area contributed by atoms with Gasteiger partial charge in [-0.1, -0.05) is 42.0 Å². The highest BCUT2D eigenvalue weighted by atomic mass is 14.6. The molecule has 2 N–H and O–H groups in total. The van der Waals surface area contributed by atoms with Crippen LogP contribution < -0.4 is 5.73 Å². The highest BCUT2D eigenvalue weighted by molar-refractivity contribution is 5.50. The van der Waals surface area contributed by atoms with E-state index in [1.165, 1.54) is 16.7 Å². The molecule has 2 nitrogen and oxygen atoms in total. The van der Waals surface area contributed by atoms with Gasteiger partial charge in [0.1, 0.15) is 0 Å². The lowest BCUT2D eigenvalue weighted by Gasteiger charge is -2.07. The SMILES string of the molecule is [C-]#[N+]c1cccc(CCc2ccc(C)cc2N)c1. The van der Waals surface area contributed by atoms with Crippen molar-refractivity contribution in [2.45, 2.75) is 19.8 Å². The van der Waals surface area contributed by atoms with Gasteiger partial charge >= 0.3 is 0 Å². The number of rotatable bonds is 3. The van der Waals surface area contributed by atoms with E-state index in [0.29, 0.717) is 5.69 Å². The van der Waals surface area contributed by atoms with E-state index in [2.05, 4.69) is 23.0 Å². The number of nitrogens with two attached hydrogens (primary N) is 1. The topological polar surface area (TPSA) is 30.4 Å². The van der Waals surface area contributed by atoms with Crippen LogP contribution in [0.2, 0.25) is 0 Å². The van der Waals surface area contributed by atoms with Crippen molar-refractivity contribution in [3.8, 4) is 0 Å². The lowest BCUT2D eigenvalue weighted by atomic mass is 10.0. The van der Waals surface area contributed by atoms with Crippen LogP contribution in [0.25, 0.3) is 4.85 Å². The van der Waals surface area contributed by atoms with Crippen LogP contribution >= 0.6 is 0 Å². The number of nitrogen functional groups attached to an aromatic ring is 1. The van der Waals surface area contributed by atoms with Crippen LogP contribution in [0.3, 0.4) is 0 Å². The Morgan fingerprint density at radius 2 is 1.94 bits per heavy atom. The Hall–Kier alpha value is -2.27. The van der Waals surface area contributed by atoms with Crippen molar-refractivity contribution in [2.75, 3.05) is 5.73 Å². The van der Waals surface area contributed by atoms with E-state index in [9.17, 15) is 0 Å². The molecule has 2 aromatic carbocycles. The summed E-state index contributed by atoms with van der Waals surface area (Å²) in [5, 5.41) is 0. The zero-order chi connectivity index (χ0) is 13.0. The summed E-state index contributed by atoms with van der Waals surface area (Å²) >= 11 is 0. The fourth-order valence-corrected chi connectivity index (χ4v) is 2.00. The molecule has 90 valence electrons. The normalized spacial score (nSPS) is 10.0. The predicted octanol–water partition coefficient (Wildman–Crippen LogP) is 3.91. The minimum Gasteiger partial charge on any atom is -0.398 e. The minimum atomic E-state index is 0.698. The average molecular weight is 236 g/mol. The fraction of sp³-hybridized carbons (Fsp3) is 0.188. The summed E-state index contributed by atoms with van der Waals surface area (Å²) in [6.07, 6.45) is 1.82. The van der Waals surface area contributed by atoms with Crippen LogP contribution in [0.1, 0.15) is 16.7 Å². The summed E-state index contributed by atoms with van der Waals surface area (Å²) in [5.41, 5.74) is 11.1. The Morgan fingerprint density at radius 1 is 1.11 bits per heavy atom. The zero-order valence-electron chi connectivity index (χ0n) is 10.5. The minimum absolute atomic E-state index is 0.698. The van der Waals surface area contributed by atoms with E-state index in [-0.39, 0.29) is 0 Å². The van der Waals surface area contributed by atoms with Gasteiger partial charge in [0.15, 0.2) is 5.69 Å². The van der Waals surface area contributed by atoms with Crippen LogP contribution in [0, 0.1) is 13.5 Å². The maximum Gasteiger partial charge on any atom is 0.187 e. The second-order valence-corrected chi connectivity index (χ2v) is 4.48. The molecule has 0 bridgehead atoms. The Balaban J connectivity index is 2.09. The number of hydrogen-bond acceptors (Lipinski definition) is 1. The second kappa shape index (κ2) is 5.37. The monoisotopic (exact) mass is 236 g/mol. The van der Waals surface area contributed by atoms with E-state index in [0.717, 1.165) is 18.5 Å². The van der Waals surface area contributed by atoms with Gasteiger partial charge in [0.05, 0.1) is 6.57 Å².